The van der Waals surface area contributed by atoms with Crippen LogP contribution >= 0.6 is 12.4 Å². The van der Waals surface area contributed by atoms with Crippen LogP contribution in [0, 0.1) is 5.92 Å². The molecule has 126 valence electrons. The number of rotatable bonds is 6. The third-order valence-electron chi connectivity index (χ3n) is 4.16. The van der Waals surface area contributed by atoms with E-state index in [0.29, 0.717) is 10.8 Å². The molecule has 0 bridgehead atoms. The largest absolute Gasteiger partial charge is 0.315 e. The van der Waals surface area contributed by atoms with Gasteiger partial charge in [-0.1, -0.05) is 26.0 Å². The number of likely N-dealkylation sites (N-methyl/N-ethyl adjacent to an activating group) is 1. The summed E-state index contributed by atoms with van der Waals surface area (Å²) >= 11 is 0. The molecule has 1 aromatic carbocycles. The van der Waals surface area contributed by atoms with Crippen molar-refractivity contribution in [2.45, 2.75) is 44.0 Å². The van der Waals surface area contributed by atoms with Crippen LogP contribution in [0.3, 0.4) is 0 Å². The van der Waals surface area contributed by atoms with Gasteiger partial charge >= 0.3 is 0 Å². The summed E-state index contributed by atoms with van der Waals surface area (Å²) in [5.74, 6) is 0.661. The summed E-state index contributed by atoms with van der Waals surface area (Å²) < 4.78 is 26.7. The van der Waals surface area contributed by atoms with Crippen molar-refractivity contribution in [2.24, 2.45) is 5.92 Å². The van der Waals surface area contributed by atoms with Crippen molar-refractivity contribution in [1.29, 1.82) is 0 Å². The van der Waals surface area contributed by atoms with E-state index >= 15 is 0 Å². The van der Waals surface area contributed by atoms with Crippen molar-refractivity contribution < 1.29 is 8.42 Å². The number of hydrogen-bond donors (Lipinski definition) is 1. The molecular weight excluding hydrogens is 320 g/mol. The van der Waals surface area contributed by atoms with Crippen molar-refractivity contribution >= 4 is 22.4 Å². The summed E-state index contributed by atoms with van der Waals surface area (Å²) in [5, 5.41) is 3.21. The van der Waals surface area contributed by atoms with Crippen LogP contribution in [0.15, 0.2) is 29.2 Å². The van der Waals surface area contributed by atoms with Gasteiger partial charge in [-0.3, -0.25) is 0 Å². The highest BCUT2D eigenvalue weighted by Gasteiger charge is 2.29. The predicted octanol–water partition coefficient (Wildman–Crippen LogP) is 2.68. The van der Waals surface area contributed by atoms with E-state index in [1.165, 1.54) is 9.87 Å². The summed E-state index contributed by atoms with van der Waals surface area (Å²) in [5.41, 5.74) is 1.20. The molecule has 1 fully saturated rings. The molecule has 1 aliphatic heterocycles. The Morgan fingerprint density at radius 3 is 2.41 bits per heavy atom. The minimum absolute atomic E-state index is 0. The van der Waals surface area contributed by atoms with Crippen LogP contribution in [-0.4, -0.2) is 38.9 Å². The molecule has 6 heteroatoms. The van der Waals surface area contributed by atoms with Gasteiger partial charge in [0.05, 0.1) is 4.90 Å². The van der Waals surface area contributed by atoms with Gasteiger partial charge in [0.25, 0.3) is 0 Å². The van der Waals surface area contributed by atoms with Crippen molar-refractivity contribution in [3.8, 4) is 0 Å². The van der Waals surface area contributed by atoms with Gasteiger partial charge in [-0.15, -0.1) is 12.4 Å². The smallest absolute Gasteiger partial charge is 0.243 e. The Morgan fingerprint density at radius 1 is 1.27 bits per heavy atom. The van der Waals surface area contributed by atoms with Crippen LogP contribution in [0.4, 0.5) is 0 Å². The molecule has 0 spiro atoms. The summed E-state index contributed by atoms with van der Waals surface area (Å²) in [6.45, 7) is 6.02. The minimum Gasteiger partial charge on any atom is -0.315 e. The first-order valence-corrected chi connectivity index (χ1v) is 9.13. The zero-order valence-corrected chi connectivity index (χ0v) is 15.2. The van der Waals surface area contributed by atoms with Gasteiger partial charge in [0.1, 0.15) is 0 Å². The molecule has 1 atom stereocenters. The van der Waals surface area contributed by atoms with Crippen LogP contribution in [-0.2, 0) is 16.4 Å². The number of aryl methyl sites for hydroxylation is 1. The average molecular weight is 347 g/mol. The molecular formula is C16H27ClN2O2S. The molecule has 1 heterocycles. The molecule has 1 aliphatic rings. The van der Waals surface area contributed by atoms with Crippen molar-refractivity contribution in [2.75, 3.05) is 20.1 Å². The summed E-state index contributed by atoms with van der Waals surface area (Å²) in [4.78, 5) is 0.394. The molecule has 1 unspecified atom stereocenters. The summed E-state index contributed by atoms with van der Waals surface area (Å²) in [7, 11) is -1.70. The third-order valence-corrected chi connectivity index (χ3v) is 6.08. The number of sulfonamides is 1. The maximum absolute atomic E-state index is 12.6. The second-order valence-corrected chi connectivity index (χ2v) is 8.24. The quantitative estimate of drug-likeness (QED) is 0.861. The zero-order valence-electron chi connectivity index (χ0n) is 13.6. The van der Waals surface area contributed by atoms with Crippen molar-refractivity contribution in [3.05, 3.63) is 29.8 Å². The standard InChI is InChI=1S/C16H26N2O2S.ClH/c1-13(2)4-5-14-6-8-16(9-7-14)21(19,20)18(3)15-10-11-17-12-15;/h6-9,13,15,17H,4-5,10-12H2,1-3H3;1H. The SMILES string of the molecule is CC(C)CCc1ccc(S(=O)(=O)N(C)C2CCNC2)cc1.Cl. The first kappa shape index (κ1) is 19.4. The molecule has 1 aromatic rings. The molecule has 4 nitrogen and oxygen atoms in total. The molecule has 0 amide bonds. The second-order valence-electron chi connectivity index (χ2n) is 6.24. The fourth-order valence-corrected chi connectivity index (χ4v) is 3.98. The fourth-order valence-electron chi connectivity index (χ4n) is 2.60. The van der Waals surface area contributed by atoms with Gasteiger partial charge in [-0.25, -0.2) is 8.42 Å². The number of benzene rings is 1. The Bertz CT molecular complexity index is 552. The normalized spacial score (nSPS) is 18.7. The van der Waals surface area contributed by atoms with Crippen LogP contribution in [0.1, 0.15) is 32.3 Å². The fraction of sp³-hybridized carbons (Fsp3) is 0.625. The predicted molar refractivity (Wildman–Crippen MR) is 93.1 cm³/mol. The number of nitrogens with one attached hydrogen (secondary N) is 1. The second kappa shape index (κ2) is 8.29. The lowest BCUT2D eigenvalue weighted by atomic mass is 10.0. The molecule has 22 heavy (non-hydrogen) atoms. The average Bonchev–Trinajstić information content (AvgIpc) is 2.98. The van der Waals surface area contributed by atoms with Gasteiger partial charge in [0.15, 0.2) is 0 Å². The van der Waals surface area contributed by atoms with Crippen LogP contribution in [0.5, 0.6) is 0 Å². The van der Waals surface area contributed by atoms with Gasteiger partial charge < -0.3 is 5.32 Å². The molecule has 0 aromatic heterocycles. The Labute approximate surface area is 140 Å². The van der Waals surface area contributed by atoms with Crippen LogP contribution < -0.4 is 5.32 Å². The maximum Gasteiger partial charge on any atom is 0.243 e. The number of hydrogen-bond acceptors (Lipinski definition) is 3. The first-order valence-electron chi connectivity index (χ1n) is 7.69. The van der Waals surface area contributed by atoms with Gasteiger partial charge in [0.2, 0.25) is 10.0 Å². The van der Waals surface area contributed by atoms with E-state index in [1.54, 1.807) is 19.2 Å². The Balaban J connectivity index is 0.00000242. The molecule has 0 radical (unpaired) electrons. The molecule has 1 saturated heterocycles. The Morgan fingerprint density at radius 2 is 1.91 bits per heavy atom. The first-order chi connectivity index (χ1) is 9.91. The van der Waals surface area contributed by atoms with E-state index in [1.807, 2.05) is 12.1 Å². The van der Waals surface area contributed by atoms with Crippen LogP contribution in [0.2, 0.25) is 0 Å². The number of nitrogens with zero attached hydrogens (tertiary/aromatic N) is 1. The monoisotopic (exact) mass is 346 g/mol. The van der Waals surface area contributed by atoms with Crippen molar-refractivity contribution in [3.63, 3.8) is 0 Å². The lowest BCUT2D eigenvalue weighted by molar-refractivity contribution is 0.388. The molecule has 0 saturated carbocycles. The highest BCUT2D eigenvalue weighted by Crippen LogP contribution is 2.20. The van der Waals surface area contributed by atoms with Crippen molar-refractivity contribution in [1.82, 2.24) is 9.62 Å². The summed E-state index contributed by atoms with van der Waals surface area (Å²) in [6, 6.07) is 7.43. The maximum atomic E-state index is 12.6. The highest BCUT2D eigenvalue weighted by atomic mass is 35.5. The van der Waals surface area contributed by atoms with E-state index in [2.05, 4.69) is 19.2 Å². The minimum atomic E-state index is -3.38. The lowest BCUT2D eigenvalue weighted by Gasteiger charge is -2.23. The summed E-state index contributed by atoms with van der Waals surface area (Å²) in [6.07, 6.45) is 3.00. The van der Waals surface area contributed by atoms with E-state index in [4.69, 9.17) is 0 Å². The zero-order chi connectivity index (χ0) is 15.5. The lowest BCUT2D eigenvalue weighted by Crippen LogP contribution is -2.38. The third kappa shape index (κ3) is 4.69. The van der Waals surface area contributed by atoms with E-state index in [9.17, 15) is 8.42 Å². The Kier molecular flexibility index (Phi) is 7.32. The number of halogens is 1. The Hall–Kier alpha value is -0.620. The molecule has 0 aliphatic carbocycles. The van der Waals surface area contributed by atoms with Gasteiger partial charge in [-0.2, -0.15) is 4.31 Å². The topological polar surface area (TPSA) is 49.4 Å². The van der Waals surface area contributed by atoms with E-state index in [-0.39, 0.29) is 18.4 Å². The van der Waals surface area contributed by atoms with Gasteiger partial charge in [0, 0.05) is 19.6 Å². The highest BCUT2D eigenvalue weighted by molar-refractivity contribution is 7.89. The van der Waals surface area contributed by atoms with E-state index < -0.39 is 10.0 Å². The molecule has 1 N–H and O–H groups in total. The van der Waals surface area contributed by atoms with E-state index in [0.717, 1.165) is 32.4 Å². The van der Waals surface area contributed by atoms with Crippen LogP contribution in [0.25, 0.3) is 0 Å². The van der Waals surface area contributed by atoms with Gasteiger partial charge in [-0.05, 0) is 49.4 Å². The molecule has 2 rings (SSSR count).